The van der Waals surface area contributed by atoms with Crippen molar-refractivity contribution in [3.05, 3.63) is 77.5 Å². The van der Waals surface area contributed by atoms with Gasteiger partial charge in [0, 0.05) is 23.7 Å². The number of nitrogens with zero attached hydrogens (tertiary/aromatic N) is 1. The zero-order chi connectivity index (χ0) is 18.5. The van der Waals surface area contributed by atoms with Crippen LogP contribution in [0, 0.1) is 0 Å². The molecule has 132 valence electrons. The Morgan fingerprint density at radius 1 is 1.15 bits per heavy atom. The predicted octanol–water partition coefficient (Wildman–Crippen LogP) is 3.32. The number of esters is 1. The van der Waals surface area contributed by atoms with Crippen LogP contribution in [0.4, 0.5) is 4.79 Å². The number of benzene rings is 2. The minimum Gasteiger partial charge on any atom is -0.454 e. The zero-order valence-electron chi connectivity index (χ0n) is 14.3. The van der Waals surface area contributed by atoms with E-state index in [4.69, 9.17) is 10.5 Å². The van der Waals surface area contributed by atoms with Crippen molar-refractivity contribution < 1.29 is 14.3 Å². The fraction of sp³-hybridized carbons (Fsp3) is 0.150. The highest BCUT2D eigenvalue weighted by Gasteiger charge is 2.14. The van der Waals surface area contributed by atoms with E-state index in [1.54, 1.807) is 30.5 Å². The number of nitrogens with one attached hydrogen (secondary N) is 1. The first-order valence-electron chi connectivity index (χ1n) is 8.21. The Hall–Kier alpha value is -3.41. The van der Waals surface area contributed by atoms with Crippen molar-refractivity contribution in [1.82, 2.24) is 10.3 Å². The number of hydrogen-bond acceptors (Lipinski definition) is 4. The molecule has 0 spiro atoms. The maximum absolute atomic E-state index is 12.3. The Labute approximate surface area is 151 Å². The van der Waals surface area contributed by atoms with Crippen LogP contribution in [-0.2, 0) is 11.3 Å². The molecule has 6 heteroatoms. The minimum atomic E-state index is -0.591. The summed E-state index contributed by atoms with van der Waals surface area (Å²) in [6.45, 7) is 2.12. The molecule has 26 heavy (non-hydrogen) atoms. The summed E-state index contributed by atoms with van der Waals surface area (Å²) in [6, 6.07) is 16.0. The number of primary amides is 1. The highest BCUT2D eigenvalue weighted by atomic mass is 16.5. The average Bonchev–Trinajstić information content (AvgIpc) is 2.66. The number of hydrogen-bond donors (Lipinski definition) is 2. The Kier molecular flexibility index (Phi) is 5.12. The second-order valence-electron chi connectivity index (χ2n) is 5.92. The van der Waals surface area contributed by atoms with Crippen LogP contribution >= 0.6 is 0 Å². The highest BCUT2D eigenvalue weighted by Crippen LogP contribution is 2.22. The molecule has 2 aromatic carbocycles. The van der Waals surface area contributed by atoms with Crippen LogP contribution in [0.5, 0.6) is 0 Å². The van der Waals surface area contributed by atoms with E-state index in [2.05, 4.69) is 10.3 Å². The molecule has 2 amide bonds. The number of ether oxygens (including phenoxy) is 1. The van der Waals surface area contributed by atoms with E-state index < -0.39 is 18.1 Å². The SMILES string of the molecule is CC(OC(=O)c1ccc(CNC(N)=O)cc1)c1cnc2ccccc2c1. The van der Waals surface area contributed by atoms with E-state index >= 15 is 0 Å². The van der Waals surface area contributed by atoms with Gasteiger partial charge in [0.1, 0.15) is 6.10 Å². The van der Waals surface area contributed by atoms with Crippen molar-refractivity contribution in [2.24, 2.45) is 5.73 Å². The average molecular weight is 349 g/mol. The van der Waals surface area contributed by atoms with E-state index in [0.29, 0.717) is 12.1 Å². The number of rotatable bonds is 5. The lowest BCUT2D eigenvalue weighted by Crippen LogP contribution is -2.28. The molecule has 3 aromatic rings. The number of fused-ring (bicyclic) bond motifs is 1. The van der Waals surface area contributed by atoms with Crippen molar-refractivity contribution >= 4 is 22.9 Å². The molecule has 0 saturated carbocycles. The zero-order valence-corrected chi connectivity index (χ0v) is 14.3. The summed E-state index contributed by atoms with van der Waals surface area (Å²) in [5.41, 5.74) is 8.04. The summed E-state index contributed by atoms with van der Waals surface area (Å²) in [4.78, 5) is 27.4. The van der Waals surface area contributed by atoms with Crippen molar-refractivity contribution in [1.29, 1.82) is 0 Å². The summed E-state index contributed by atoms with van der Waals surface area (Å²) < 4.78 is 5.54. The maximum atomic E-state index is 12.3. The van der Waals surface area contributed by atoms with Gasteiger partial charge in [-0.2, -0.15) is 0 Å². The molecule has 1 aromatic heterocycles. The van der Waals surface area contributed by atoms with E-state index in [0.717, 1.165) is 22.0 Å². The first kappa shape index (κ1) is 17.4. The van der Waals surface area contributed by atoms with Crippen molar-refractivity contribution in [2.75, 3.05) is 0 Å². The van der Waals surface area contributed by atoms with Gasteiger partial charge in [0.05, 0.1) is 11.1 Å². The molecule has 0 saturated heterocycles. The van der Waals surface area contributed by atoms with Gasteiger partial charge in [0.15, 0.2) is 0 Å². The minimum absolute atomic E-state index is 0.309. The van der Waals surface area contributed by atoms with Gasteiger partial charge >= 0.3 is 12.0 Å². The van der Waals surface area contributed by atoms with Crippen molar-refractivity contribution in [3.8, 4) is 0 Å². The number of amides is 2. The van der Waals surface area contributed by atoms with Gasteiger partial charge in [0.25, 0.3) is 0 Å². The quantitative estimate of drug-likeness (QED) is 0.691. The molecular weight excluding hydrogens is 330 g/mol. The third kappa shape index (κ3) is 4.16. The van der Waals surface area contributed by atoms with Gasteiger partial charge in [0.2, 0.25) is 0 Å². The normalized spacial score (nSPS) is 11.7. The van der Waals surface area contributed by atoms with E-state index in [9.17, 15) is 9.59 Å². The summed E-state index contributed by atoms with van der Waals surface area (Å²) >= 11 is 0. The Morgan fingerprint density at radius 2 is 1.88 bits per heavy atom. The number of aromatic nitrogens is 1. The van der Waals surface area contributed by atoms with Crippen LogP contribution in [0.15, 0.2) is 60.8 Å². The second kappa shape index (κ2) is 7.65. The molecule has 1 unspecified atom stereocenters. The molecule has 0 aliphatic rings. The highest BCUT2D eigenvalue weighted by molar-refractivity contribution is 5.89. The van der Waals surface area contributed by atoms with Crippen LogP contribution in [0.1, 0.15) is 34.5 Å². The van der Waals surface area contributed by atoms with Crippen LogP contribution in [0.2, 0.25) is 0 Å². The fourth-order valence-corrected chi connectivity index (χ4v) is 2.55. The van der Waals surface area contributed by atoms with Gasteiger partial charge in [-0.25, -0.2) is 9.59 Å². The smallest absolute Gasteiger partial charge is 0.338 e. The summed E-state index contributed by atoms with van der Waals surface area (Å²) in [6.07, 6.45) is 1.30. The lowest BCUT2D eigenvalue weighted by molar-refractivity contribution is 0.0337. The van der Waals surface area contributed by atoms with Gasteiger partial charge in [-0.05, 0) is 36.8 Å². The summed E-state index contributed by atoms with van der Waals surface area (Å²) in [5.74, 6) is -0.417. The molecule has 0 aliphatic carbocycles. The fourth-order valence-electron chi connectivity index (χ4n) is 2.55. The lowest BCUT2D eigenvalue weighted by Gasteiger charge is -2.14. The largest absolute Gasteiger partial charge is 0.454 e. The number of carbonyl (C=O) groups is 2. The topological polar surface area (TPSA) is 94.3 Å². The number of urea groups is 1. The Balaban J connectivity index is 1.67. The van der Waals surface area contributed by atoms with E-state index in [-0.39, 0.29) is 0 Å². The maximum Gasteiger partial charge on any atom is 0.338 e. The number of pyridine rings is 1. The molecule has 3 rings (SSSR count). The summed E-state index contributed by atoms with van der Waals surface area (Å²) in [5, 5.41) is 3.49. The molecule has 0 fully saturated rings. The molecule has 0 radical (unpaired) electrons. The van der Waals surface area contributed by atoms with Gasteiger partial charge in [-0.15, -0.1) is 0 Å². The van der Waals surface area contributed by atoms with Crippen LogP contribution in [0.25, 0.3) is 10.9 Å². The summed E-state index contributed by atoms with van der Waals surface area (Å²) in [7, 11) is 0. The molecule has 1 atom stereocenters. The Morgan fingerprint density at radius 3 is 2.62 bits per heavy atom. The molecule has 6 nitrogen and oxygen atoms in total. The Bertz CT molecular complexity index is 938. The molecule has 0 bridgehead atoms. The van der Waals surface area contributed by atoms with Gasteiger partial charge < -0.3 is 15.8 Å². The number of carbonyl (C=O) groups excluding carboxylic acids is 2. The molecule has 1 heterocycles. The molecule has 0 aliphatic heterocycles. The van der Waals surface area contributed by atoms with Gasteiger partial charge in [-0.3, -0.25) is 4.98 Å². The van der Waals surface area contributed by atoms with Crippen LogP contribution < -0.4 is 11.1 Å². The second-order valence-corrected chi connectivity index (χ2v) is 5.92. The van der Waals surface area contributed by atoms with Crippen LogP contribution in [-0.4, -0.2) is 17.0 Å². The monoisotopic (exact) mass is 349 g/mol. The van der Waals surface area contributed by atoms with E-state index in [1.807, 2.05) is 37.3 Å². The first-order chi connectivity index (χ1) is 12.5. The third-order valence-electron chi connectivity index (χ3n) is 4.02. The number of para-hydroxylation sites is 1. The standard InChI is InChI=1S/C20H19N3O3/c1-13(17-10-16-4-2-3-5-18(16)22-12-17)26-19(24)15-8-6-14(7-9-15)11-23-20(21)25/h2-10,12-13H,11H2,1H3,(H3,21,23,25). The van der Waals surface area contributed by atoms with Gasteiger partial charge in [-0.1, -0.05) is 30.3 Å². The van der Waals surface area contributed by atoms with Crippen molar-refractivity contribution in [3.63, 3.8) is 0 Å². The lowest BCUT2D eigenvalue weighted by atomic mass is 10.1. The van der Waals surface area contributed by atoms with E-state index in [1.165, 1.54) is 0 Å². The van der Waals surface area contributed by atoms with Crippen LogP contribution in [0.3, 0.4) is 0 Å². The molecular formula is C20H19N3O3. The molecule has 3 N–H and O–H groups in total. The third-order valence-corrected chi connectivity index (χ3v) is 4.02. The first-order valence-corrected chi connectivity index (χ1v) is 8.21. The predicted molar refractivity (Wildman–Crippen MR) is 98.4 cm³/mol. The number of nitrogens with two attached hydrogens (primary N) is 1. The van der Waals surface area contributed by atoms with Crippen molar-refractivity contribution in [2.45, 2.75) is 19.6 Å².